The van der Waals surface area contributed by atoms with Crippen molar-refractivity contribution in [2.75, 3.05) is 32.7 Å². The number of nitrogens with zero attached hydrogens (tertiary/aromatic N) is 2. The molecule has 0 aliphatic heterocycles. The summed E-state index contributed by atoms with van der Waals surface area (Å²) in [5.41, 5.74) is 0. The zero-order valence-electron chi connectivity index (χ0n) is 11.2. The molecule has 0 saturated carbocycles. The molecule has 0 aromatic carbocycles. The number of hydrogen-bond acceptors (Lipinski definition) is 4. The average molecular weight is 232 g/mol. The third-order valence-corrected chi connectivity index (χ3v) is 3.08. The second kappa shape index (κ2) is 8.93. The molecule has 0 aliphatic rings. The van der Waals surface area contributed by atoms with E-state index in [2.05, 4.69) is 18.7 Å². The van der Waals surface area contributed by atoms with Crippen LogP contribution in [-0.2, 0) is 0 Å². The Bertz CT molecular complexity index is 159. The maximum atomic E-state index is 9.89. The maximum Gasteiger partial charge on any atom is 0.109 e. The van der Waals surface area contributed by atoms with E-state index in [4.69, 9.17) is 0 Å². The van der Waals surface area contributed by atoms with Gasteiger partial charge >= 0.3 is 0 Å². The molecule has 4 heteroatoms. The van der Waals surface area contributed by atoms with Crippen molar-refractivity contribution in [2.24, 2.45) is 0 Å². The van der Waals surface area contributed by atoms with Crippen LogP contribution in [0.25, 0.3) is 0 Å². The summed E-state index contributed by atoms with van der Waals surface area (Å²) < 4.78 is 0. The second-order valence-electron chi connectivity index (χ2n) is 4.08. The van der Waals surface area contributed by atoms with Gasteiger partial charge in [0.05, 0.1) is 6.10 Å². The minimum atomic E-state index is -0.527. The highest BCUT2D eigenvalue weighted by molar-refractivity contribution is 4.68. The number of aliphatic hydroxyl groups excluding tert-OH is 2. The molecule has 0 fully saturated rings. The van der Waals surface area contributed by atoms with Gasteiger partial charge in [0.15, 0.2) is 0 Å². The van der Waals surface area contributed by atoms with Gasteiger partial charge in [0, 0.05) is 13.0 Å². The standard InChI is InChI=1S/C12H28N2O2/c1-5-13(6-2)10-11(15)9-12(16)14(7-3)8-4/h11-12,15-16H,5-10H2,1-4H3. The van der Waals surface area contributed by atoms with Gasteiger partial charge in [-0.25, -0.2) is 0 Å². The van der Waals surface area contributed by atoms with Crippen LogP contribution in [-0.4, -0.2) is 65.1 Å². The molecule has 2 unspecified atom stereocenters. The van der Waals surface area contributed by atoms with Gasteiger partial charge in [0.25, 0.3) is 0 Å². The number of aliphatic hydroxyl groups is 2. The normalized spacial score (nSPS) is 15.8. The molecule has 2 N–H and O–H groups in total. The summed E-state index contributed by atoms with van der Waals surface area (Å²) in [5, 5.41) is 19.7. The van der Waals surface area contributed by atoms with Crippen molar-refractivity contribution in [2.45, 2.75) is 46.4 Å². The fourth-order valence-corrected chi connectivity index (χ4v) is 1.89. The molecule has 2 atom stereocenters. The lowest BCUT2D eigenvalue weighted by molar-refractivity contribution is -0.0318. The molecule has 0 amide bonds. The fraction of sp³-hybridized carbons (Fsp3) is 1.00. The van der Waals surface area contributed by atoms with Gasteiger partial charge in [-0.05, 0) is 26.2 Å². The van der Waals surface area contributed by atoms with Crippen molar-refractivity contribution in [3.05, 3.63) is 0 Å². The first kappa shape index (κ1) is 15.8. The second-order valence-corrected chi connectivity index (χ2v) is 4.08. The highest BCUT2D eigenvalue weighted by Crippen LogP contribution is 2.06. The third kappa shape index (κ3) is 5.80. The Kier molecular flexibility index (Phi) is 8.84. The van der Waals surface area contributed by atoms with Gasteiger partial charge in [-0.2, -0.15) is 0 Å². The van der Waals surface area contributed by atoms with E-state index in [-0.39, 0.29) is 0 Å². The molecule has 0 aromatic rings. The van der Waals surface area contributed by atoms with Gasteiger partial charge in [0.2, 0.25) is 0 Å². The first-order chi connectivity index (χ1) is 7.58. The van der Waals surface area contributed by atoms with E-state index in [9.17, 15) is 10.2 Å². The van der Waals surface area contributed by atoms with E-state index in [1.54, 1.807) is 0 Å². The van der Waals surface area contributed by atoms with E-state index in [0.717, 1.165) is 26.2 Å². The smallest absolute Gasteiger partial charge is 0.109 e. The molecule has 0 bridgehead atoms. The van der Waals surface area contributed by atoms with Crippen LogP contribution < -0.4 is 0 Å². The first-order valence-corrected chi connectivity index (χ1v) is 6.41. The van der Waals surface area contributed by atoms with Crippen molar-refractivity contribution in [3.63, 3.8) is 0 Å². The molecule has 4 nitrogen and oxygen atoms in total. The quantitative estimate of drug-likeness (QED) is 0.576. The summed E-state index contributed by atoms with van der Waals surface area (Å²) in [6, 6.07) is 0. The van der Waals surface area contributed by atoms with Crippen LogP contribution >= 0.6 is 0 Å². The van der Waals surface area contributed by atoms with Gasteiger partial charge in [0.1, 0.15) is 6.23 Å². The fourth-order valence-electron chi connectivity index (χ4n) is 1.89. The van der Waals surface area contributed by atoms with E-state index in [1.165, 1.54) is 0 Å². The van der Waals surface area contributed by atoms with Crippen LogP contribution in [0.1, 0.15) is 34.1 Å². The molecule has 0 rings (SSSR count). The minimum Gasteiger partial charge on any atom is -0.392 e. The topological polar surface area (TPSA) is 46.9 Å². The van der Waals surface area contributed by atoms with E-state index < -0.39 is 12.3 Å². The Hall–Kier alpha value is -0.160. The predicted molar refractivity (Wildman–Crippen MR) is 67.3 cm³/mol. The maximum absolute atomic E-state index is 9.89. The molecule has 0 spiro atoms. The summed E-state index contributed by atoms with van der Waals surface area (Å²) in [7, 11) is 0. The van der Waals surface area contributed by atoms with Gasteiger partial charge in [-0.3, -0.25) is 4.90 Å². The van der Waals surface area contributed by atoms with Crippen LogP contribution in [0.15, 0.2) is 0 Å². The Morgan fingerprint density at radius 1 is 0.875 bits per heavy atom. The van der Waals surface area contributed by atoms with Crippen LogP contribution in [0.5, 0.6) is 0 Å². The zero-order chi connectivity index (χ0) is 12.6. The largest absolute Gasteiger partial charge is 0.392 e. The molecule has 0 saturated heterocycles. The molecular weight excluding hydrogens is 204 g/mol. The third-order valence-electron chi connectivity index (χ3n) is 3.08. The Morgan fingerprint density at radius 3 is 1.75 bits per heavy atom. The number of likely N-dealkylation sites (N-methyl/N-ethyl adjacent to an activating group) is 1. The summed E-state index contributed by atoms with van der Waals surface area (Å²) in [6.45, 7) is 12.3. The summed E-state index contributed by atoms with van der Waals surface area (Å²) in [6.07, 6.45) is -0.547. The monoisotopic (exact) mass is 232 g/mol. The zero-order valence-corrected chi connectivity index (χ0v) is 11.2. The highest BCUT2D eigenvalue weighted by Gasteiger charge is 2.18. The molecular formula is C12H28N2O2. The van der Waals surface area contributed by atoms with Gasteiger partial charge in [-0.15, -0.1) is 0 Å². The van der Waals surface area contributed by atoms with E-state index in [1.807, 2.05) is 18.7 Å². The number of rotatable bonds is 9. The Morgan fingerprint density at radius 2 is 1.38 bits per heavy atom. The average Bonchev–Trinajstić information content (AvgIpc) is 2.27. The minimum absolute atomic E-state index is 0.429. The lowest BCUT2D eigenvalue weighted by atomic mass is 10.2. The molecule has 0 radical (unpaired) electrons. The molecule has 0 aliphatic carbocycles. The van der Waals surface area contributed by atoms with Gasteiger partial charge < -0.3 is 15.1 Å². The SMILES string of the molecule is CCN(CC)CC(O)CC(O)N(CC)CC. The van der Waals surface area contributed by atoms with Crippen LogP contribution in [0.4, 0.5) is 0 Å². The lowest BCUT2D eigenvalue weighted by Gasteiger charge is -2.28. The van der Waals surface area contributed by atoms with Crippen molar-refractivity contribution < 1.29 is 10.2 Å². The highest BCUT2D eigenvalue weighted by atomic mass is 16.3. The van der Waals surface area contributed by atoms with Crippen LogP contribution in [0, 0.1) is 0 Å². The Labute approximate surface area is 99.9 Å². The van der Waals surface area contributed by atoms with Crippen LogP contribution in [0.2, 0.25) is 0 Å². The summed E-state index contributed by atoms with van der Waals surface area (Å²) in [5.74, 6) is 0. The molecule has 0 aromatic heterocycles. The molecule has 16 heavy (non-hydrogen) atoms. The van der Waals surface area contributed by atoms with Crippen LogP contribution in [0.3, 0.4) is 0 Å². The molecule has 0 heterocycles. The van der Waals surface area contributed by atoms with E-state index >= 15 is 0 Å². The molecule has 98 valence electrons. The number of hydrogen-bond donors (Lipinski definition) is 2. The Balaban J connectivity index is 3.97. The van der Waals surface area contributed by atoms with Crippen molar-refractivity contribution in [1.29, 1.82) is 0 Å². The summed E-state index contributed by atoms with van der Waals surface area (Å²) in [4.78, 5) is 4.12. The van der Waals surface area contributed by atoms with E-state index in [0.29, 0.717) is 13.0 Å². The van der Waals surface area contributed by atoms with Crippen molar-refractivity contribution >= 4 is 0 Å². The predicted octanol–water partition coefficient (Wildman–Crippen LogP) is 0.739. The van der Waals surface area contributed by atoms with Crippen molar-refractivity contribution in [3.8, 4) is 0 Å². The van der Waals surface area contributed by atoms with Crippen molar-refractivity contribution in [1.82, 2.24) is 9.80 Å². The first-order valence-electron chi connectivity index (χ1n) is 6.41. The van der Waals surface area contributed by atoms with Gasteiger partial charge in [-0.1, -0.05) is 27.7 Å². The lowest BCUT2D eigenvalue weighted by Crippen LogP contribution is -2.40. The summed E-state index contributed by atoms with van der Waals surface area (Å²) >= 11 is 0.